The Kier molecular flexibility index (Phi) is 6.13. The number of carbonyl (C=O) groups excluding carboxylic acids is 2. The Hall–Kier alpha value is -2.80. The summed E-state index contributed by atoms with van der Waals surface area (Å²) in [7, 11) is 1.77. The highest BCUT2D eigenvalue weighted by atomic mass is 16.5. The van der Waals surface area contributed by atoms with E-state index in [9.17, 15) is 9.59 Å². The lowest BCUT2D eigenvalue weighted by Gasteiger charge is -2.27. The Bertz CT molecular complexity index is 774. The monoisotopic (exact) mass is 368 g/mol. The molecule has 2 aromatic rings. The normalized spacial score (nSPS) is 15.3. The molecule has 0 unspecified atom stereocenters. The van der Waals surface area contributed by atoms with Gasteiger partial charge in [-0.25, -0.2) is 0 Å². The molecule has 7 nitrogen and oxygen atoms in total. The molecule has 0 radical (unpaired) electrons. The van der Waals surface area contributed by atoms with Gasteiger partial charge in [0.1, 0.15) is 0 Å². The van der Waals surface area contributed by atoms with Crippen molar-refractivity contribution in [2.45, 2.75) is 19.4 Å². The highest BCUT2D eigenvalue weighted by Gasteiger charge is 2.21. The number of amides is 2. The molecule has 0 aliphatic carbocycles. The summed E-state index contributed by atoms with van der Waals surface area (Å²) in [4.78, 5) is 37.0. The number of aromatic nitrogens is 2. The summed E-state index contributed by atoms with van der Waals surface area (Å²) in [5, 5.41) is 0. The van der Waals surface area contributed by atoms with Gasteiger partial charge in [0.15, 0.2) is 0 Å². The number of nitrogens with zero attached hydrogens (tertiary/aromatic N) is 4. The largest absolute Gasteiger partial charge is 0.378 e. The molecule has 1 aromatic carbocycles. The molecule has 0 spiro atoms. The van der Waals surface area contributed by atoms with Gasteiger partial charge in [-0.05, 0) is 31.2 Å². The average molecular weight is 368 g/mol. The Labute approximate surface area is 159 Å². The minimum atomic E-state index is -0.0863. The summed E-state index contributed by atoms with van der Waals surface area (Å²) >= 11 is 0. The molecule has 2 heterocycles. The topological polar surface area (TPSA) is 75.6 Å². The van der Waals surface area contributed by atoms with Crippen LogP contribution in [0.2, 0.25) is 0 Å². The lowest BCUT2D eigenvalue weighted by atomic mass is 10.1. The number of likely N-dealkylation sites (N-methyl/N-ethyl adjacent to an activating group) is 1. The van der Waals surface area contributed by atoms with Gasteiger partial charge < -0.3 is 14.5 Å². The molecule has 0 N–H and O–H groups in total. The van der Waals surface area contributed by atoms with E-state index < -0.39 is 0 Å². The smallest absolute Gasteiger partial charge is 0.254 e. The van der Waals surface area contributed by atoms with Crippen molar-refractivity contribution in [3.63, 3.8) is 0 Å². The van der Waals surface area contributed by atoms with Crippen molar-refractivity contribution < 1.29 is 14.3 Å². The van der Waals surface area contributed by atoms with E-state index in [1.807, 2.05) is 6.92 Å². The maximum atomic E-state index is 12.7. The van der Waals surface area contributed by atoms with Gasteiger partial charge in [-0.15, -0.1) is 0 Å². The molecule has 1 saturated heterocycles. The standard InChI is InChI=1S/C20H24N4O3/c1-15(13-18-14-21-7-8-22-18)23(2)19(25)16-3-5-17(6-4-16)20(26)24-9-11-27-12-10-24/h3-8,14-15H,9-13H2,1-2H3/t15-/m1/s1. The van der Waals surface area contributed by atoms with Crippen molar-refractivity contribution in [2.75, 3.05) is 33.4 Å². The fourth-order valence-electron chi connectivity index (χ4n) is 2.98. The van der Waals surface area contributed by atoms with E-state index in [0.717, 1.165) is 5.69 Å². The predicted octanol–water partition coefficient (Wildman–Crippen LogP) is 1.65. The van der Waals surface area contributed by atoms with Crippen molar-refractivity contribution in [2.24, 2.45) is 0 Å². The molecule has 27 heavy (non-hydrogen) atoms. The minimum Gasteiger partial charge on any atom is -0.378 e. The van der Waals surface area contributed by atoms with Crippen LogP contribution in [0, 0.1) is 0 Å². The molecular weight excluding hydrogens is 344 g/mol. The summed E-state index contributed by atoms with van der Waals surface area (Å²) < 4.78 is 5.28. The first kappa shape index (κ1) is 19.0. The summed E-state index contributed by atoms with van der Waals surface area (Å²) in [6.07, 6.45) is 5.61. The third kappa shape index (κ3) is 4.68. The summed E-state index contributed by atoms with van der Waals surface area (Å²) in [5.41, 5.74) is 1.99. The van der Waals surface area contributed by atoms with E-state index in [1.165, 1.54) is 0 Å². The second kappa shape index (κ2) is 8.73. The average Bonchev–Trinajstić information content (AvgIpc) is 2.73. The number of hydrogen-bond donors (Lipinski definition) is 0. The van der Waals surface area contributed by atoms with E-state index in [2.05, 4.69) is 9.97 Å². The Morgan fingerprint density at radius 1 is 1.15 bits per heavy atom. The molecule has 1 aliphatic rings. The van der Waals surface area contributed by atoms with Crippen LogP contribution in [0.1, 0.15) is 33.3 Å². The SMILES string of the molecule is C[C@H](Cc1cnccn1)N(C)C(=O)c1ccc(C(=O)N2CCOCC2)cc1. The van der Waals surface area contributed by atoms with Crippen LogP contribution in [0.25, 0.3) is 0 Å². The molecule has 1 atom stereocenters. The Morgan fingerprint density at radius 2 is 1.81 bits per heavy atom. The van der Waals surface area contributed by atoms with E-state index in [4.69, 9.17) is 4.74 Å². The second-order valence-corrected chi connectivity index (χ2v) is 6.65. The van der Waals surface area contributed by atoms with Crippen LogP contribution < -0.4 is 0 Å². The van der Waals surface area contributed by atoms with Gasteiger partial charge in [-0.3, -0.25) is 19.6 Å². The Balaban J connectivity index is 1.63. The number of morpholine rings is 1. The summed E-state index contributed by atoms with van der Waals surface area (Å²) in [6.45, 7) is 4.31. The number of benzene rings is 1. The summed E-state index contributed by atoms with van der Waals surface area (Å²) in [5.74, 6) is -0.113. The van der Waals surface area contributed by atoms with E-state index >= 15 is 0 Å². The molecule has 0 bridgehead atoms. The van der Waals surface area contributed by atoms with Crippen LogP contribution in [0.3, 0.4) is 0 Å². The van der Waals surface area contributed by atoms with Gasteiger partial charge in [-0.2, -0.15) is 0 Å². The fourth-order valence-corrected chi connectivity index (χ4v) is 2.98. The van der Waals surface area contributed by atoms with Crippen molar-refractivity contribution in [1.29, 1.82) is 0 Å². The van der Waals surface area contributed by atoms with Crippen molar-refractivity contribution in [3.8, 4) is 0 Å². The Morgan fingerprint density at radius 3 is 2.44 bits per heavy atom. The van der Waals surface area contributed by atoms with Crippen LogP contribution >= 0.6 is 0 Å². The van der Waals surface area contributed by atoms with E-state index in [1.54, 1.807) is 59.7 Å². The quantitative estimate of drug-likeness (QED) is 0.802. The van der Waals surface area contributed by atoms with Crippen LogP contribution in [0.5, 0.6) is 0 Å². The lowest BCUT2D eigenvalue weighted by molar-refractivity contribution is 0.0303. The molecule has 7 heteroatoms. The second-order valence-electron chi connectivity index (χ2n) is 6.65. The highest BCUT2D eigenvalue weighted by molar-refractivity contribution is 5.97. The number of rotatable bonds is 5. The van der Waals surface area contributed by atoms with Crippen molar-refractivity contribution >= 4 is 11.8 Å². The van der Waals surface area contributed by atoms with Crippen LogP contribution in [-0.4, -0.2) is 71.0 Å². The summed E-state index contributed by atoms with van der Waals surface area (Å²) in [6, 6.07) is 6.82. The zero-order chi connectivity index (χ0) is 19.2. The fraction of sp³-hybridized carbons (Fsp3) is 0.400. The van der Waals surface area contributed by atoms with Gasteiger partial charge in [-0.1, -0.05) is 0 Å². The maximum absolute atomic E-state index is 12.7. The van der Waals surface area contributed by atoms with E-state index in [-0.39, 0.29) is 17.9 Å². The molecule has 0 saturated carbocycles. The minimum absolute atomic E-state index is 0.0242. The third-order valence-electron chi connectivity index (χ3n) is 4.78. The van der Waals surface area contributed by atoms with Crippen LogP contribution in [0.15, 0.2) is 42.9 Å². The van der Waals surface area contributed by atoms with Crippen molar-refractivity contribution in [3.05, 3.63) is 59.7 Å². The highest BCUT2D eigenvalue weighted by Crippen LogP contribution is 2.13. The predicted molar refractivity (Wildman–Crippen MR) is 100 cm³/mol. The zero-order valence-electron chi connectivity index (χ0n) is 15.7. The molecule has 2 amide bonds. The first-order chi connectivity index (χ1) is 13.1. The molecular formula is C20H24N4O3. The molecule has 142 valence electrons. The zero-order valence-corrected chi connectivity index (χ0v) is 15.7. The van der Waals surface area contributed by atoms with Gasteiger partial charge in [0.2, 0.25) is 0 Å². The molecule has 1 aliphatic heterocycles. The third-order valence-corrected chi connectivity index (χ3v) is 4.78. The van der Waals surface area contributed by atoms with E-state index in [0.29, 0.717) is 43.9 Å². The molecule has 3 rings (SSSR count). The number of ether oxygens (including phenoxy) is 1. The van der Waals surface area contributed by atoms with Gasteiger partial charge in [0.25, 0.3) is 11.8 Å². The number of carbonyl (C=O) groups is 2. The van der Waals surface area contributed by atoms with Gasteiger partial charge in [0.05, 0.1) is 18.9 Å². The maximum Gasteiger partial charge on any atom is 0.254 e. The lowest BCUT2D eigenvalue weighted by Crippen LogP contribution is -2.40. The van der Waals surface area contributed by atoms with Gasteiger partial charge in [0, 0.05) is 62.3 Å². The van der Waals surface area contributed by atoms with Crippen molar-refractivity contribution in [1.82, 2.24) is 19.8 Å². The molecule has 1 fully saturated rings. The van der Waals surface area contributed by atoms with Crippen LogP contribution in [-0.2, 0) is 11.2 Å². The first-order valence-corrected chi connectivity index (χ1v) is 9.05. The molecule has 1 aromatic heterocycles. The first-order valence-electron chi connectivity index (χ1n) is 9.05. The van der Waals surface area contributed by atoms with Gasteiger partial charge >= 0.3 is 0 Å². The van der Waals surface area contributed by atoms with Crippen LogP contribution in [0.4, 0.5) is 0 Å². The number of hydrogen-bond acceptors (Lipinski definition) is 5.